The van der Waals surface area contributed by atoms with Gasteiger partial charge in [-0.1, -0.05) is 24.3 Å². The highest BCUT2D eigenvalue weighted by Gasteiger charge is 2.32. The number of ether oxygens (including phenoxy) is 1. The molecule has 5 nitrogen and oxygen atoms in total. The van der Waals surface area contributed by atoms with Gasteiger partial charge in [0.25, 0.3) is 5.91 Å². The van der Waals surface area contributed by atoms with Gasteiger partial charge >= 0.3 is 0 Å². The minimum atomic E-state index is -0.0736. The maximum atomic E-state index is 12.4. The Morgan fingerprint density at radius 2 is 2.00 bits per heavy atom. The van der Waals surface area contributed by atoms with Gasteiger partial charge in [-0.15, -0.1) is 0 Å². The van der Waals surface area contributed by atoms with Crippen LogP contribution in [0.15, 0.2) is 54.9 Å². The van der Waals surface area contributed by atoms with Gasteiger partial charge in [-0.2, -0.15) is 5.10 Å². The van der Waals surface area contributed by atoms with Gasteiger partial charge in [-0.05, 0) is 30.7 Å². The summed E-state index contributed by atoms with van der Waals surface area (Å²) in [6.07, 6.45) is 5.28. The molecule has 1 N–H and O–H groups in total. The van der Waals surface area contributed by atoms with Gasteiger partial charge < -0.3 is 10.1 Å². The molecule has 1 aliphatic rings. The molecule has 122 valence electrons. The first-order chi connectivity index (χ1) is 11.7. The Morgan fingerprint density at radius 1 is 1.21 bits per heavy atom. The highest BCUT2D eigenvalue weighted by molar-refractivity contribution is 6.00. The second-order valence-electron chi connectivity index (χ2n) is 6.24. The number of rotatable bonds is 4. The number of nitrogens with one attached hydrogen (secondary N) is 1. The minimum absolute atomic E-state index is 0.0736. The zero-order valence-electron chi connectivity index (χ0n) is 13.5. The van der Waals surface area contributed by atoms with Crippen molar-refractivity contribution >= 4 is 11.4 Å². The van der Waals surface area contributed by atoms with E-state index >= 15 is 0 Å². The first-order valence-corrected chi connectivity index (χ1v) is 8.16. The number of nitrogens with zero attached hydrogens (tertiary/aromatic N) is 2. The quantitative estimate of drug-likeness (QED) is 0.804. The topological polar surface area (TPSA) is 55.6 Å². The molecule has 1 amide bonds. The lowest BCUT2D eigenvalue weighted by Crippen LogP contribution is -2.49. The van der Waals surface area contributed by atoms with Crippen molar-refractivity contribution in [3.05, 3.63) is 66.0 Å². The molecule has 1 aromatic carbocycles. The number of pyridine rings is 1. The van der Waals surface area contributed by atoms with E-state index in [1.54, 1.807) is 10.7 Å². The normalized spacial score (nSPS) is 19.7. The molecule has 3 aromatic rings. The number of fused-ring (bicyclic) bond motifs is 1. The summed E-state index contributed by atoms with van der Waals surface area (Å²) < 4.78 is 7.69. The van der Waals surface area contributed by atoms with E-state index in [1.165, 1.54) is 0 Å². The lowest BCUT2D eigenvalue weighted by atomic mass is 9.89. The first-order valence-electron chi connectivity index (χ1n) is 8.16. The SMILES string of the molecule is Cc1ccccc1OC1CC(NC(=O)c2cnn3ccccc23)C1. The summed E-state index contributed by atoms with van der Waals surface area (Å²) in [5, 5.41) is 7.27. The third-order valence-corrected chi connectivity index (χ3v) is 4.49. The van der Waals surface area contributed by atoms with Crippen molar-refractivity contribution in [2.45, 2.75) is 31.9 Å². The van der Waals surface area contributed by atoms with E-state index in [1.807, 2.05) is 55.6 Å². The van der Waals surface area contributed by atoms with E-state index in [-0.39, 0.29) is 18.1 Å². The second kappa shape index (κ2) is 6.00. The minimum Gasteiger partial charge on any atom is -0.490 e. The van der Waals surface area contributed by atoms with Crippen LogP contribution in [0.4, 0.5) is 0 Å². The summed E-state index contributed by atoms with van der Waals surface area (Å²) in [4.78, 5) is 12.4. The number of para-hydroxylation sites is 1. The Labute approximate surface area is 140 Å². The molecule has 0 aliphatic heterocycles. The molecule has 1 saturated carbocycles. The van der Waals surface area contributed by atoms with E-state index < -0.39 is 0 Å². The largest absolute Gasteiger partial charge is 0.490 e. The molecule has 2 heterocycles. The molecule has 0 spiro atoms. The van der Waals surface area contributed by atoms with E-state index in [9.17, 15) is 4.79 Å². The molecular formula is C19H19N3O2. The molecule has 0 saturated heterocycles. The standard InChI is InChI=1S/C19H19N3O2/c1-13-6-2-3-8-18(13)24-15-10-14(11-15)21-19(23)16-12-20-22-9-5-4-7-17(16)22/h2-9,12,14-15H,10-11H2,1H3,(H,21,23). The van der Waals surface area contributed by atoms with Crippen LogP contribution >= 0.6 is 0 Å². The lowest BCUT2D eigenvalue weighted by Gasteiger charge is -2.36. The molecule has 2 aromatic heterocycles. The Morgan fingerprint density at radius 3 is 2.83 bits per heavy atom. The van der Waals surface area contributed by atoms with Crippen molar-refractivity contribution in [3.8, 4) is 5.75 Å². The van der Waals surface area contributed by atoms with Crippen LogP contribution in [0, 0.1) is 6.92 Å². The molecular weight excluding hydrogens is 302 g/mol. The van der Waals surface area contributed by atoms with Crippen molar-refractivity contribution in [2.24, 2.45) is 0 Å². The van der Waals surface area contributed by atoms with Gasteiger partial charge in [0.15, 0.2) is 0 Å². The van der Waals surface area contributed by atoms with Crippen LogP contribution in [0.2, 0.25) is 0 Å². The van der Waals surface area contributed by atoms with Crippen LogP contribution in [-0.2, 0) is 0 Å². The van der Waals surface area contributed by atoms with Crippen LogP contribution in [0.3, 0.4) is 0 Å². The maximum absolute atomic E-state index is 12.4. The molecule has 5 heteroatoms. The predicted molar refractivity (Wildman–Crippen MR) is 91.3 cm³/mol. The second-order valence-corrected chi connectivity index (χ2v) is 6.24. The van der Waals surface area contributed by atoms with E-state index in [4.69, 9.17) is 4.74 Å². The summed E-state index contributed by atoms with van der Waals surface area (Å²) in [7, 11) is 0. The number of carbonyl (C=O) groups is 1. The molecule has 0 bridgehead atoms. The van der Waals surface area contributed by atoms with Crippen molar-refractivity contribution in [3.63, 3.8) is 0 Å². The highest BCUT2D eigenvalue weighted by atomic mass is 16.5. The molecule has 1 aliphatic carbocycles. The Balaban J connectivity index is 1.35. The zero-order chi connectivity index (χ0) is 16.5. The Kier molecular flexibility index (Phi) is 3.69. The van der Waals surface area contributed by atoms with E-state index in [0.29, 0.717) is 5.56 Å². The summed E-state index contributed by atoms with van der Waals surface area (Å²) in [6, 6.07) is 13.9. The van der Waals surface area contributed by atoms with Gasteiger partial charge in [0.05, 0.1) is 17.3 Å². The average Bonchev–Trinajstić information content (AvgIpc) is 2.98. The fourth-order valence-corrected chi connectivity index (χ4v) is 3.02. The average molecular weight is 321 g/mol. The predicted octanol–water partition coefficient (Wildman–Crippen LogP) is 2.98. The fourth-order valence-electron chi connectivity index (χ4n) is 3.02. The van der Waals surface area contributed by atoms with E-state index in [2.05, 4.69) is 10.4 Å². The molecule has 1 fully saturated rings. The maximum Gasteiger partial charge on any atom is 0.255 e. The highest BCUT2D eigenvalue weighted by Crippen LogP contribution is 2.28. The first kappa shape index (κ1) is 14.8. The molecule has 24 heavy (non-hydrogen) atoms. The van der Waals surface area contributed by atoms with Crippen molar-refractivity contribution in [1.29, 1.82) is 0 Å². The van der Waals surface area contributed by atoms with Crippen molar-refractivity contribution in [1.82, 2.24) is 14.9 Å². The van der Waals surface area contributed by atoms with Crippen LogP contribution in [0.5, 0.6) is 5.75 Å². The summed E-state index contributed by atoms with van der Waals surface area (Å²) in [5.41, 5.74) is 2.57. The number of amides is 1. The molecule has 4 rings (SSSR count). The summed E-state index contributed by atoms with van der Waals surface area (Å²) in [6.45, 7) is 2.04. The summed E-state index contributed by atoms with van der Waals surface area (Å²) in [5.74, 6) is 0.852. The molecule has 0 radical (unpaired) electrons. The van der Waals surface area contributed by atoms with E-state index in [0.717, 1.165) is 29.7 Å². The summed E-state index contributed by atoms with van der Waals surface area (Å²) >= 11 is 0. The van der Waals surface area contributed by atoms with Crippen LogP contribution in [-0.4, -0.2) is 27.7 Å². The number of aromatic nitrogens is 2. The van der Waals surface area contributed by atoms with Crippen molar-refractivity contribution in [2.75, 3.05) is 0 Å². The number of hydrogen-bond acceptors (Lipinski definition) is 3. The van der Waals surface area contributed by atoms with Gasteiger partial charge in [-0.25, -0.2) is 4.52 Å². The zero-order valence-corrected chi connectivity index (χ0v) is 13.5. The third kappa shape index (κ3) is 2.73. The lowest BCUT2D eigenvalue weighted by molar-refractivity contribution is 0.0698. The number of carbonyl (C=O) groups excluding carboxylic acids is 1. The van der Waals surface area contributed by atoms with Gasteiger partial charge in [0, 0.05) is 25.1 Å². The van der Waals surface area contributed by atoms with Crippen molar-refractivity contribution < 1.29 is 9.53 Å². The Hall–Kier alpha value is -2.82. The van der Waals surface area contributed by atoms with Gasteiger partial charge in [0.2, 0.25) is 0 Å². The molecule has 0 atom stereocenters. The number of benzene rings is 1. The fraction of sp³-hybridized carbons (Fsp3) is 0.263. The van der Waals surface area contributed by atoms with Crippen LogP contribution < -0.4 is 10.1 Å². The third-order valence-electron chi connectivity index (χ3n) is 4.49. The smallest absolute Gasteiger partial charge is 0.255 e. The number of hydrogen-bond donors (Lipinski definition) is 1. The van der Waals surface area contributed by atoms with Gasteiger partial charge in [0.1, 0.15) is 11.9 Å². The van der Waals surface area contributed by atoms with Crippen LogP contribution in [0.25, 0.3) is 5.52 Å². The van der Waals surface area contributed by atoms with Gasteiger partial charge in [-0.3, -0.25) is 4.79 Å². The Bertz CT molecular complexity index is 881. The number of aryl methyl sites for hydroxylation is 1. The molecule has 0 unspecified atom stereocenters. The monoisotopic (exact) mass is 321 g/mol. The van der Waals surface area contributed by atoms with Crippen LogP contribution in [0.1, 0.15) is 28.8 Å².